The molecule has 1 aromatic rings. The minimum atomic E-state index is -2.58. The van der Waals surface area contributed by atoms with Crippen LogP contribution < -0.4 is 5.32 Å². The second-order valence-corrected chi connectivity index (χ2v) is 5.88. The summed E-state index contributed by atoms with van der Waals surface area (Å²) in [5, 5.41) is 2.39. The highest BCUT2D eigenvalue weighted by molar-refractivity contribution is 7.38. The number of benzene rings is 1. The summed E-state index contributed by atoms with van der Waals surface area (Å²) in [5.74, 6) is -0.962. The van der Waals surface area contributed by atoms with Crippen molar-refractivity contribution in [2.45, 2.75) is 32.2 Å². The van der Waals surface area contributed by atoms with E-state index in [-0.39, 0.29) is 0 Å². The number of carbonyl (C=O) groups excluding carboxylic acids is 1. The molecule has 0 saturated carbocycles. The first-order chi connectivity index (χ1) is 8.29. The second kappa shape index (κ2) is 5.94. The first kappa shape index (κ1) is 14.6. The lowest BCUT2D eigenvalue weighted by atomic mass is 10.2. The fraction of sp³-hybridized carbons (Fsp3) is 0.417. The van der Waals surface area contributed by atoms with E-state index in [2.05, 4.69) is 5.32 Å². The van der Waals surface area contributed by atoms with Crippen LogP contribution in [-0.4, -0.2) is 16.6 Å². The molecule has 18 heavy (non-hydrogen) atoms. The molecule has 98 valence electrons. The summed E-state index contributed by atoms with van der Waals surface area (Å²) < 4.78 is 16.3. The van der Waals surface area contributed by atoms with E-state index in [1.54, 1.807) is 51.1 Å². The quantitative estimate of drug-likeness (QED) is 0.828. The minimum absolute atomic E-state index is 0.562. The lowest BCUT2D eigenvalue weighted by Gasteiger charge is -2.20. The van der Waals surface area contributed by atoms with Crippen LogP contribution in [0.25, 0.3) is 0 Å². The third kappa shape index (κ3) is 4.82. The van der Waals surface area contributed by atoms with E-state index >= 15 is 0 Å². The van der Waals surface area contributed by atoms with Crippen molar-refractivity contribution in [2.75, 3.05) is 0 Å². The molecule has 2 unspecified atom stereocenters. The standard InChI is InChI=1S/C12H16NO4P/c1-12(2,3)17-11(14)13-10(18(15)16)9-7-5-4-6-8-9/h4-8,10H,1-3H3,(H-,13,14,15,16)/p+1. The fourth-order valence-electron chi connectivity index (χ4n) is 1.32. The summed E-state index contributed by atoms with van der Waals surface area (Å²) >= 11 is 0. The van der Waals surface area contributed by atoms with Crippen LogP contribution in [0.5, 0.6) is 0 Å². The zero-order valence-corrected chi connectivity index (χ0v) is 11.5. The van der Waals surface area contributed by atoms with Crippen LogP contribution in [0.1, 0.15) is 32.1 Å². The summed E-state index contributed by atoms with van der Waals surface area (Å²) in [7, 11) is -2.58. The smallest absolute Gasteiger partial charge is 0.444 e. The molecule has 0 aliphatic heterocycles. The Kier molecular flexibility index (Phi) is 4.82. The topological polar surface area (TPSA) is 75.6 Å². The number of carbonyl (C=O) groups is 1. The van der Waals surface area contributed by atoms with Crippen molar-refractivity contribution < 1.29 is 19.0 Å². The highest BCUT2D eigenvalue weighted by Gasteiger charge is 2.34. The highest BCUT2D eigenvalue weighted by Crippen LogP contribution is 2.34. The molecule has 5 nitrogen and oxygen atoms in total. The monoisotopic (exact) mass is 270 g/mol. The average molecular weight is 270 g/mol. The van der Waals surface area contributed by atoms with Crippen LogP contribution in [0.4, 0.5) is 4.79 Å². The zero-order chi connectivity index (χ0) is 13.8. The largest absolute Gasteiger partial charge is 0.535 e. The van der Waals surface area contributed by atoms with Crippen LogP contribution >= 0.6 is 8.03 Å². The number of nitrogens with one attached hydrogen (secondary N) is 1. The van der Waals surface area contributed by atoms with Gasteiger partial charge in [-0.05, 0) is 25.3 Å². The van der Waals surface area contributed by atoms with Gasteiger partial charge in [0.05, 0.1) is 0 Å². The van der Waals surface area contributed by atoms with Gasteiger partial charge >= 0.3 is 14.1 Å². The van der Waals surface area contributed by atoms with Gasteiger partial charge in [0.2, 0.25) is 0 Å². The van der Waals surface area contributed by atoms with E-state index in [4.69, 9.17) is 4.74 Å². The van der Waals surface area contributed by atoms with Crippen molar-refractivity contribution in [1.29, 1.82) is 0 Å². The van der Waals surface area contributed by atoms with E-state index in [1.807, 2.05) is 0 Å². The van der Waals surface area contributed by atoms with Crippen LogP contribution in [-0.2, 0) is 9.30 Å². The van der Waals surface area contributed by atoms with Crippen molar-refractivity contribution in [1.82, 2.24) is 5.32 Å². The number of alkyl carbamates (subject to hydrolysis) is 1. The molecule has 0 radical (unpaired) electrons. The first-order valence-electron chi connectivity index (χ1n) is 5.49. The van der Waals surface area contributed by atoms with Gasteiger partial charge in [-0.2, -0.15) is 4.89 Å². The van der Waals surface area contributed by atoms with Crippen molar-refractivity contribution in [3.8, 4) is 0 Å². The number of hydrogen-bond donors (Lipinski definition) is 2. The first-order valence-corrected chi connectivity index (χ1v) is 6.77. The molecule has 1 aromatic carbocycles. The maximum absolute atomic E-state index is 11.6. The van der Waals surface area contributed by atoms with E-state index < -0.39 is 25.5 Å². The molecule has 6 heteroatoms. The maximum atomic E-state index is 11.6. The Morgan fingerprint density at radius 1 is 1.33 bits per heavy atom. The van der Waals surface area contributed by atoms with Gasteiger partial charge in [-0.3, -0.25) is 5.32 Å². The molecular weight excluding hydrogens is 253 g/mol. The van der Waals surface area contributed by atoms with Gasteiger partial charge < -0.3 is 4.74 Å². The number of rotatable bonds is 3. The minimum Gasteiger partial charge on any atom is -0.444 e. The van der Waals surface area contributed by atoms with Crippen LogP contribution in [0.2, 0.25) is 0 Å². The Morgan fingerprint density at radius 3 is 2.33 bits per heavy atom. The van der Waals surface area contributed by atoms with Gasteiger partial charge in [-0.15, -0.1) is 0 Å². The Hall–Kier alpha value is -1.45. The molecular formula is C12H17NO4P+. The number of amides is 1. The van der Waals surface area contributed by atoms with E-state index in [0.717, 1.165) is 0 Å². The highest BCUT2D eigenvalue weighted by atomic mass is 31.1. The molecule has 2 N–H and O–H groups in total. The van der Waals surface area contributed by atoms with Crippen LogP contribution in [0, 0.1) is 0 Å². The van der Waals surface area contributed by atoms with Gasteiger partial charge in [0, 0.05) is 5.56 Å². The molecule has 0 fully saturated rings. The molecule has 0 spiro atoms. The maximum Gasteiger partial charge on any atom is 0.535 e. The van der Waals surface area contributed by atoms with Crippen molar-refractivity contribution >= 4 is 14.1 Å². The third-order valence-electron chi connectivity index (χ3n) is 1.99. The summed E-state index contributed by atoms with van der Waals surface area (Å²) in [5.41, 5.74) is -0.0844. The van der Waals surface area contributed by atoms with E-state index in [1.165, 1.54) is 0 Å². The summed E-state index contributed by atoms with van der Waals surface area (Å²) in [6, 6.07) is 8.60. The van der Waals surface area contributed by atoms with Crippen molar-refractivity contribution in [2.24, 2.45) is 0 Å². The third-order valence-corrected chi connectivity index (χ3v) is 2.86. The molecule has 0 aliphatic carbocycles. The molecule has 1 rings (SSSR count). The Labute approximate surface area is 107 Å². The van der Waals surface area contributed by atoms with Crippen LogP contribution in [0.3, 0.4) is 0 Å². The van der Waals surface area contributed by atoms with E-state index in [9.17, 15) is 14.3 Å². The number of hydrogen-bond acceptors (Lipinski definition) is 3. The number of ether oxygens (including phenoxy) is 1. The molecule has 2 atom stereocenters. The molecule has 0 saturated heterocycles. The van der Waals surface area contributed by atoms with E-state index in [0.29, 0.717) is 5.56 Å². The second-order valence-electron chi connectivity index (χ2n) is 4.76. The summed E-state index contributed by atoms with van der Waals surface area (Å²) in [6.07, 6.45) is -0.714. The normalized spacial score (nSPS) is 13.7. The lowest BCUT2D eigenvalue weighted by Crippen LogP contribution is -2.33. The lowest BCUT2D eigenvalue weighted by molar-refractivity contribution is 0.0518. The SMILES string of the molecule is CC(C)(C)OC(=O)NC(c1ccccc1)[P+](=O)O. The molecule has 0 aliphatic rings. The van der Waals surface area contributed by atoms with Gasteiger partial charge in [-0.1, -0.05) is 30.3 Å². The van der Waals surface area contributed by atoms with Gasteiger partial charge in [-0.25, -0.2) is 4.79 Å². The Morgan fingerprint density at radius 2 is 1.89 bits per heavy atom. The molecule has 0 heterocycles. The van der Waals surface area contributed by atoms with Crippen molar-refractivity contribution in [3.63, 3.8) is 0 Å². The Balaban J connectivity index is 2.77. The molecule has 1 amide bonds. The summed E-state index contributed by atoms with van der Waals surface area (Å²) in [4.78, 5) is 20.8. The Bertz CT molecular complexity index is 427. The molecule has 0 bridgehead atoms. The van der Waals surface area contributed by atoms with Gasteiger partial charge in [0.25, 0.3) is 5.78 Å². The summed E-state index contributed by atoms with van der Waals surface area (Å²) in [6.45, 7) is 5.18. The van der Waals surface area contributed by atoms with Gasteiger partial charge in [0.1, 0.15) is 5.60 Å². The predicted molar refractivity (Wildman–Crippen MR) is 68.4 cm³/mol. The van der Waals surface area contributed by atoms with Gasteiger partial charge in [0.15, 0.2) is 0 Å². The predicted octanol–water partition coefficient (Wildman–Crippen LogP) is 2.94. The van der Waals surface area contributed by atoms with Crippen molar-refractivity contribution in [3.05, 3.63) is 35.9 Å². The average Bonchev–Trinajstić information content (AvgIpc) is 2.24. The fourth-order valence-corrected chi connectivity index (χ4v) is 1.96. The molecule has 0 aromatic heterocycles. The zero-order valence-electron chi connectivity index (χ0n) is 10.6. The van der Waals surface area contributed by atoms with Crippen LogP contribution in [0.15, 0.2) is 30.3 Å².